The summed E-state index contributed by atoms with van der Waals surface area (Å²) in [5.41, 5.74) is 0. The van der Waals surface area contributed by atoms with Gasteiger partial charge in [-0.05, 0) is 0 Å². The van der Waals surface area contributed by atoms with E-state index in [1.54, 1.807) is 0 Å². The first-order valence-corrected chi connectivity index (χ1v) is 13.8. The minimum absolute atomic E-state index is 0. The summed E-state index contributed by atoms with van der Waals surface area (Å²) in [7, 11) is 0. The molecule has 0 aliphatic carbocycles. The molecule has 0 bridgehead atoms. The van der Waals surface area contributed by atoms with Crippen molar-refractivity contribution in [3.8, 4) is 0 Å². The topological polar surface area (TPSA) is 294 Å². The third-order valence-electron chi connectivity index (χ3n) is 0. The van der Waals surface area contributed by atoms with Crippen molar-refractivity contribution >= 4 is 174 Å². The normalized spacial score (nSPS) is 9.05. The van der Waals surface area contributed by atoms with Gasteiger partial charge < -0.3 is 0 Å². The SMILES string of the molecule is O=[As](O)(O)O.O=[As](O)(O)O.[Ca+2].[Ca+2].[Ca+2].[O-][As]([O-])[O-].[O-][As]([O-])[O-]. The van der Waals surface area contributed by atoms with Crippen molar-refractivity contribution in [3.05, 3.63) is 0 Å². The van der Waals surface area contributed by atoms with E-state index in [2.05, 4.69) is 0 Å². The molecular weight excluding hydrogens is 644 g/mol. The van der Waals surface area contributed by atoms with Crippen LogP contribution in [0.25, 0.3) is 0 Å². The van der Waals surface area contributed by atoms with E-state index in [0.717, 1.165) is 0 Å². The van der Waals surface area contributed by atoms with Crippen LogP contribution in [0.3, 0.4) is 0 Å². The zero-order valence-corrected chi connectivity index (χ0v) is 24.0. The summed E-state index contributed by atoms with van der Waals surface area (Å²) in [6.07, 6.45) is 0. The van der Waals surface area contributed by atoms with Crippen LogP contribution in [0.5, 0.6) is 0 Å². The fourth-order valence-electron chi connectivity index (χ4n) is 0. The summed E-state index contributed by atoms with van der Waals surface area (Å²) in [4.78, 5) is 0. The van der Waals surface area contributed by atoms with E-state index in [4.69, 9.17) is 56.6 Å². The predicted octanol–water partition coefficient (Wildman–Crippen LogP) is -13.4. The van der Waals surface area contributed by atoms with Gasteiger partial charge in [0.25, 0.3) is 0 Å². The van der Waals surface area contributed by atoms with Gasteiger partial charge in [0.05, 0.1) is 0 Å². The summed E-state index contributed by atoms with van der Waals surface area (Å²) in [6, 6.07) is 0. The van der Waals surface area contributed by atoms with Crippen LogP contribution in [0.1, 0.15) is 0 Å². The molecule has 0 atom stereocenters. The Bertz CT molecular complexity index is 195. The molecule has 0 unspecified atom stereocenters. The second kappa shape index (κ2) is 27.4. The molecule has 21 heavy (non-hydrogen) atoms. The van der Waals surface area contributed by atoms with Gasteiger partial charge in [0, 0.05) is 0 Å². The molecule has 0 aromatic heterocycles. The van der Waals surface area contributed by atoms with Crippen LogP contribution in [-0.4, -0.2) is 198 Å². The molecule has 0 aromatic rings. The quantitative estimate of drug-likeness (QED) is 0.133. The molecule has 0 saturated heterocycles. The van der Waals surface area contributed by atoms with Gasteiger partial charge >= 0.3 is 230 Å². The molecule has 0 saturated carbocycles. The maximum absolute atomic E-state index is 8.94. The number of hydrogen-bond donors (Lipinski definition) is 6. The Morgan fingerprint density at radius 3 is 0.524 bits per heavy atom. The van der Waals surface area contributed by atoms with Crippen LogP contribution in [0.15, 0.2) is 0 Å². The molecule has 0 amide bonds. The Hall–Kier alpha value is 5.13. The molecule has 0 rings (SSSR count). The van der Waals surface area contributed by atoms with E-state index in [1.807, 2.05) is 0 Å². The van der Waals surface area contributed by atoms with Crippen molar-refractivity contribution in [2.24, 2.45) is 0 Å². The molecular formula is H6As4Ca3O14. The Labute approximate surface area is 225 Å². The third kappa shape index (κ3) is 510. The van der Waals surface area contributed by atoms with Gasteiger partial charge in [0.15, 0.2) is 0 Å². The van der Waals surface area contributed by atoms with Crippen LogP contribution < -0.4 is 24.6 Å². The van der Waals surface area contributed by atoms with Crippen molar-refractivity contribution in [2.75, 3.05) is 0 Å². The average Bonchev–Trinajstić information content (AvgIpc) is 1.70. The fraction of sp³-hybridized carbons (Fsp3) is 0. The van der Waals surface area contributed by atoms with Crippen molar-refractivity contribution in [3.63, 3.8) is 0 Å². The van der Waals surface area contributed by atoms with E-state index in [1.165, 1.54) is 0 Å². The van der Waals surface area contributed by atoms with Gasteiger partial charge in [-0.25, -0.2) is 0 Å². The van der Waals surface area contributed by atoms with Crippen molar-refractivity contribution < 1.29 is 56.6 Å². The minimum atomic E-state index is -5.12. The van der Waals surface area contributed by atoms with Crippen LogP contribution in [0.4, 0.5) is 0 Å². The molecule has 0 aliphatic rings. The predicted molar refractivity (Wildman–Crippen MR) is 55.0 cm³/mol. The monoisotopic (exact) mass is 650 g/mol. The Kier molecular flexibility index (Phi) is 58.7. The van der Waals surface area contributed by atoms with Crippen LogP contribution in [0.2, 0.25) is 0 Å². The van der Waals surface area contributed by atoms with Crippen molar-refractivity contribution in [1.29, 1.82) is 0 Å². The zero-order chi connectivity index (χ0) is 16.2. The van der Waals surface area contributed by atoms with E-state index < -0.39 is 60.4 Å². The number of rotatable bonds is 0. The van der Waals surface area contributed by atoms with Gasteiger partial charge in [0.1, 0.15) is 0 Å². The zero-order valence-electron chi connectivity index (χ0n) is 9.86. The van der Waals surface area contributed by atoms with E-state index in [-0.39, 0.29) is 113 Å². The first-order valence-electron chi connectivity index (χ1n) is 2.66. The van der Waals surface area contributed by atoms with Gasteiger partial charge in [0.2, 0.25) is 0 Å². The maximum atomic E-state index is 8.94. The van der Waals surface area contributed by atoms with Crippen LogP contribution in [0, 0.1) is 0 Å². The first-order chi connectivity index (χ1) is 7.46. The van der Waals surface area contributed by atoms with Gasteiger partial charge in [-0.2, -0.15) is 0 Å². The molecule has 0 radical (unpaired) electrons. The summed E-state index contributed by atoms with van der Waals surface area (Å²) < 4.78 is 113. The molecule has 0 spiro atoms. The molecule has 0 fully saturated rings. The summed E-state index contributed by atoms with van der Waals surface area (Å²) in [5.74, 6) is 0. The van der Waals surface area contributed by atoms with Crippen molar-refractivity contribution in [2.45, 2.75) is 0 Å². The Morgan fingerprint density at radius 2 is 0.524 bits per heavy atom. The second-order valence-corrected chi connectivity index (χ2v) is 7.66. The van der Waals surface area contributed by atoms with E-state index in [0.29, 0.717) is 0 Å². The fourth-order valence-corrected chi connectivity index (χ4v) is 0. The standard InChI is InChI=1S/2AsH3O4.2AsO3.3Ca/c2*2-1(3,4)5;2*2-1(3)4;;;/h2*(H3,2,3,4,5);;;;;/q;;2*-3;3*+2. The third-order valence-corrected chi connectivity index (χ3v) is 0. The number of hydrogen-bond acceptors (Lipinski definition) is 8. The Balaban J connectivity index is -0.0000000239. The van der Waals surface area contributed by atoms with Gasteiger partial charge in [-0.3, -0.25) is 0 Å². The molecule has 0 heterocycles. The van der Waals surface area contributed by atoms with Gasteiger partial charge in [-0.15, -0.1) is 0 Å². The molecule has 6 N–H and O–H groups in total. The average molecular weight is 650 g/mol. The summed E-state index contributed by atoms with van der Waals surface area (Å²) in [5, 5.41) is 0. The van der Waals surface area contributed by atoms with Crippen LogP contribution in [-0.2, 0) is 7.48 Å². The first kappa shape index (κ1) is 45.1. The van der Waals surface area contributed by atoms with E-state index in [9.17, 15) is 0 Å². The molecule has 116 valence electrons. The summed E-state index contributed by atoms with van der Waals surface area (Å²) >= 11 is -18.1. The Morgan fingerprint density at radius 1 is 0.524 bits per heavy atom. The molecule has 21 heteroatoms. The van der Waals surface area contributed by atoms with Crippen LogP contribution >= 0.6 is 0 Å². The van der Waals surface area contributed by atoms with Crippen molar-refractivity contribution in [1.82, 2.24) is 0 Å². The summed E-state index contributed by atoms with van der Waals surface area (Å²) in [6.45, 7) is 0. The van der Waals surface area contributed by atoms with Gasteiger partial charge in [-0.1, -0.05) is 0 Å². The molecule has 14 nitrogen and oxygen atoms in total. The molecule has 0 aromatic carbocycles. The second-order valence-electron chi connectivity index (χ2n) is 1.47. The van der Waals surface area contributed by atoms with E-state index >= 15 is 0 Å². The molecule has 0 aliphatic heterocycles.